The fourth-order valence-electron chi connectivity index (χ4n) is 0.457. The number of rotatable bonds is 1. The lowest BCUT2D eigenvalue weighted by Crippen LogP contribution is -2.08. The van der Waals surface area contributed by atoms with Crippen LogP contribution in [-0.2, 0) is 0 Å². The molecular weight excluding hydrogens is 154 g/mol. The van der Waals surface area contributed by atoms with Crippen LogP contribution in [0, 0.1) is 6.92 Å². The second-order valence-electron chi connectivity index (χ2n) is 1.55. The maximum absolute atomic E-state index is 5.32. The van der Waals surface area contributed by atoms with Crippen molar-refractivity contribution in [1.82, 2.24) is 9.59 Å². The Morgan fingerprint density at radius 3 is 2.67 bits per heavy atom. The minimum Gasteiger partial charge on any atom is -0.389 e. The average Bonchev–Trinajstić information content (AvgIpc) is 2.13. The first-order valence-electron chi connectivity index (χ1n) is 2.30. The Balaban J connectivity index is 3.08. The lowest BCUT2D eigenvalue weighted by molar-refractivity contribution is 1.09. The molecule has 0 atom stereocenters. The minimum absolute atomic E-state index is 0.377. The van der Waals surface area contributed by atoms with Crippen molar-refractivity contribution in [3.63, 3.8) is 0 Å². The summed E-state index contributed by atoms with van der Waals surface area (Å²) in [6.45, 7) is 1.83. The Morgan fingerprint density at radius 1 is 1.78 bits per heavy atom. The van der Waals surface area contributed by atoms with E-state index in [0.29, 0.717) is 4.99 Å². The lowest BCUT2D eigenvalue weighted by Gasteiger charge is -1.87. The van der Waals surface area contributed by atoms with E-state index in [1.807, 2.05) is 6.92 Å². The van der Waals surface area contributed by atoms with Crippen LogP contribution in [0.3, 0.4) is 0 Å². The summed E-state index contributed by atoms with van der Waals surface area (Å²) in [6.07, 6.45) is 0. The molecule has 0 unspecified atom stereocenters. The topological polar surface area (TPSA) is 51.8 Å². The molecule has 1 rings (SSSR count). The second-order valence-corrected chi connectivity index (χ2v) is 2.75. The van der Waals surface area contributed by atoms with Crippen molar-refractivity contribution >= 4 is 28.7 Å². The summed E-state index contributed by atoms with van der Waals surface area (Å²) in [7, 11) is 0. The van der Waals surface area contributed by atoms with Crippen LogP contribution in [0.2, 0.25) is 0 Å². The van der Waals surface area contributed by atoms with Gasteiger partial charge in [0, 0.05) is 0 Å². The van der Waals surface area contributed by atoms with Gasteiger partial charge < -0.3 is 5.73 Å². The summed E-state index contributed by atoms with van der Waals surface area (Å²) >= 11 is 5.94. The standard InChI is InChI=1S/C4H5N3S2/c1-2-3(4(5)8)9-7-6-2/h1H3,(H2,5,8). The molecule has 0 amide bonds. The van der Waals surface area contributed by atoms with Crippen molar-refractivity contribution < 1.29 is 0 Å². The van der Waals surface area contributed by atoms with E-state index < -0.39 is 0 Å². The Hall–Kier alpha value is -0.550. The zero-order valence-electron chi connectivity index (χ0n) is 4.79. The van der Waals surface area contributed by atoms with Crippen molar-refractivity contribution in [1.29, 1.82) is 0 Å². The molecule has 0 saturated carbocycles. The van der Waals surface area contributed by atoms with Crippen molar-refractivity contribution in [3.8, 4) is 0 Å². The highest BCUT2D eigenvalue weighted by atomic mass is 32.1. The molecule has 1 heterocycles. The Kier molecular flexibility index (Phi) is 1.73. The van der Waals surface area contributed by atoms with Crippen molar-refractivity contribution in [2.75, 3.05) is 0 Å². The fourth-order valence-corrected chi connectivity index (χ4v) is 1.22. The molecule has 0 aliphatic heterocycles. The molecule has 0 aliphatic carbocycles. The zero-order valence-corrected chi connectivity index (χ0v) is 6.42. The average molecular weight is 159 g/mol. The van der Waals surface area contributed by atoms with Crippen LogP contribution in [-0.4, -0.2) is 14.6 Å². The van der Waals surface area contributed by atoms with Crippen molar-refractivity contribution in [3.05, 3.63) is 10.6 Å². The van der Waals surface area contributed by atoms with Gasteiger partial charge in [0.2, 0.25) is 0 Å². The summed E-state index contributed by atoms with van der Waals surface area (Å²) < 4.78 is 3.67. The quantitative estimate of drug-likeness (QED) is 0.606. The molecule has 1 aromatic heterocycles. The number of nitrogens with two attached hydrogens (primary N) is 1. The highest BCUT2D eigenvalue weighted by Crippen LogP contribution is 2.07. The van der Waals surface area contributed by atoms with Gasteiger partial charge in [0.25, 0.3) is 0 Å². The summed E-state index contributed by atoms with van der Waals surface area (Å²) in [6, 6.07) is 0. The van der Waals surface area contributed by atoms with E-state index in [4.69, 9.17) is 18.0 Å². The van der Waals surface area contributed by atoms with E-state index in [-0.39, 0.29) is 0 Å². The lowest BCUT2D eigenvalue weighted by atomic mass is 10.4. The van der Waals surface area contributed by atoms with Crippen LogP contribution >= 0.6 is 23.8 Å². The Morgan fingerprint density at radius 2 is 2.44 bits per heavy atom. The molecule has 0 saturated heterocycles. The first kappa shape index (κ1) is 6.57. The van der Waals surface area contributed by atoms with Gasteiger partial charge in [-0.1, -0.05) is 16.7 Å². The highest BCUT2D eigenvalue weighted by Gasteiger charge is 2.03. The maximum atomic E-state index is 5.32. The van der Waals surface area contributed by atoms with Crippen LogP contribution in [0.15, 0.2) is 0 Å². The zero-order chi connectivity index (χ0) is 6.85. The minimum atomic E-state index is 0.377. The molecule has 48 valence electrons. The first-order chi connectivity index (χ1) is 4.22. The Bertz CT molecular complexity index is 229. The van der Waals surface area contributed by atoms with E-state index in [9.17, 15) is 0 Å². The molecule has 0 spiro atoms. The van der Waals surface area contributed by atoms with Gasteiger partial charge in [-0.3, -0.25) is 0 Å². The van der Waals surface area contributed by atoms with Gasteiger partial charge in [-0.25, -0.2) is 0 Å². The van der Waals surface area contributed by atoms with Gasteiger partial charge >= 0.3 is 0 Å². The molecule has 3 nitrogen and oxygen atoms in total. The van der Waals surface area contributed by atoms with Gasteiger partial charge in [0.15, 0.2) is 0 Å². The molecule has 2 N–H and O–H groups in total. The van der Waals surface area contributed by atoms with E-state index >= 15 is 0 Å². The number of thiocarbonyl (C=S) groups is 1. The third kappa shape index (κ3) is 1.22. The SMILES string of the molecule is Cc1nnsc1C(N)=S. The van der Waals surface area contributed by atoms with E-state index in [1.54, 1.807) is 0 Å². The van der Waals surface area contributed by atoms with E-state index in [1.165, 1.54) is 11.5 Å². The normalized spacial score (nSPS) is 9.44. The molecule has 0 aliphatic rings. The molecular formula is C4H5N3S2. The molecule has 1 aromatic rings. The predicted octanol–water partition coefficient (Wildman–Crippen LogP) is 0.481. The van der Waals surface area contributed by atoms with Crippen molar-refractivity contribution in [2.45, 2.75) is 6.92 Å². The van der Waals surface area contributed by atoms with E-state index in [2.05, 4.69) is 9.59 Å². The van der Waals surface area contributed by atoms with Gasteiger partial charge in [0.1, 0.15) is 9.87 Å². The van der Waals surface area contributed by atoms with Crippen LogP contribution in [0.4, 0.5) is 0 Å². The van der Waals surface area contributed by atoms with E-state index in [0.717, 1.165) is 10.6 Å². The number of hydrogen-bond donors (Lipinski definition) is 1. The predicted molar refractivity (Wildman–Crippen MR) is 40.5 cm³/mol. The molecule has 0 radical (unpaired) electrons. The number of hydrogen-bond acceptors (Lipinski definition) is 4. The molecule has 0 aromatic carbocycles. The first-order valence-corrected chi connectivity index (χ1v) is 3.48. The molecule has 5 heteroatoms. The summed E-state index contributed by atoms with van der Waals surface area (Å²) in [4.78, 5) is 1.19. The Labute approximate surface area is 62.0 Å². The monoisotopic (exact) mass is 159 g/mol. The summed E-state index contributed by atoms with van der Waals surface area (Å²) in [5.74, 6) is 0. The van der Waals surface area contributed by atoms with Crippen molar-refractivity contribution in [2.24, 2.45) is 5.73 Å². The van der Waals surface area contributed by atoms with Crippen LogP contribution in [0.25, 0.3) is 0 Å². The summed E-state index contributed by atoms with van der Waals surface area (Å²) in [5.41, 5.74) is 6.13. The maximum Gasteiger partial charge on any atom is 0.117 e. The second kappa shape index (κ2) is 2.36. The number of aryl methyl sites for hydroxylation is 1. The molecule has 0 bridgehead atoms. The van der Waals surface area contributed by atoms with Crippen LogP contribution in [0.1, 0.15) is 10.6 Å². The van der Waals surface area contributed by atoms with Crippen LogP contribution < -0.4 is 5.73 Å². The molecule has 9 heavy (non-hydrogen) atoms. The smallest absolute Gasteiger partial charge is 0.117 e. The highest BCUT2D eigenvalue weighted by molar-refractivity contribution is 7.81. The van der Waals surface area contributed by atoms with Crippen LogP contribution in [0.5, 0.6) is 0 Å². The fraction of sp³-hybridized carbons (Fsp3) is 0.250. The summed E-state index contributed by atoms with van der Waals surface area (Å²) in [5, 5.41) is 3.74. The molecule has 0 fully saturated rings. The van der Waals surface area contributed by atoms with Gasteiger partial charge in [-0.05, 0) is 18.5 Å². The third-order valence-corrected chi connectivity index (χ3v) is 2.07. The largest absolute Gasteiger partial charge is 0.389 e. The number of aromatic nitrogens is 2. The third-order valence-electron chi connectivity index (χ3n) is 0.875. The van der Waals surface area contributed by atoms with Gasteiger partial charge in [-0.15, -0.1) is 5.10 Å². The van der Waals surface area contributed by atoms with Gasteiger partial charge in [-0.2, -0.15) is 0 Å². The van der Waals surface area contributed by atoms with Gasteiger partial charge in [0.05, 0.1) is 5.69 Å². The number of nitrogens with zero attached hydrogens (tertiary/aromatic N) is 2.